The lowest BCUT2D eigenvalue weighted by Crippen LogP contribution is -2.46. The van der Waals surface area contributed by atoms with E-state index in [1.54, 1.807) is 0 Å². The molecule has 0 radical (unpaired) electrons. The van der Waals surface area contributed by atoms with E-state index in [1.807, 2.05) is 18.2 Å². The van der Waals surface area contributed by atoms with Crippen LogP contribution in [0.25, 0.3) is 6.08 Å². The van der Waals surface area contributed by atoms with Crippen LogP contribution in [0.3, 0.4) is 0 Å². The molecule has 2 fully saturated rings. The fraction of sp³-hybridized carbons (Fsp3) is 0.450. The number of carbonyl (C=O) groups is 2. The summed E-state index contributed by atoms with van der Waals surface area (Å²) in [6, 6.07) is 8.18. The molecule has 3 aliphatic rings. The van der Waals surface area contributed by atoms with Crippen molar-refractivity contribution in [3.63, 3.8) is 0 Å². The molecule has 3 aliphatic heterocycles. The standard InChI is InChI=1S/C20H24N4O2S/c1-22-10-12-24(13-11-22)20-21-19(26)18(27-20)14-15-2-4-16(5-3-15)23-8-6-17(25)7-9-23/h2-5,14H,6-13H2,1H3/b18-14-. The van der Waals surface area contributed by atoms with Gasteiger partial charge in [-0.05, 0) is 42.6 Å². The summed E-state index contributed by atoms with van der Waals surface area (Å²) in [5, 5.41) is 0.828. The highest BCUT2D eigenvalue weighted by atomic mass is 32.2. The molecule has 0 bridgehead atoms. The Hall–Kier alpha value is -2.12. The van der Waals surface area contributed by atoms with Crippen molar-refractivity contribution in [2.45, 2.75) is 12.8 Å². The first-order valence-electron chi connectivity index (χ1n) is 9.41. The number of amidine groups is 1. The van der Waals surface area contributed by atoms with Gasteiger partial charge in [0, 0.05) is 57.8 Å². The van der Waals surface area contributed by atoms with E-state index >= 15 is 0 Å². The van der Waals surface area contributed by atoms with Crippen molar-refractivity contribution in [1.82, 2.24) is 9.80 Å². The van der Waals surface area contributed by atoms with E-state index in [-0.39, 0.29) is 5.91 Å². The van der Waals surface area contributed by atoms with Gasteiger partial charge in [-0.25, -0.2) is 0 Å². The van der Waals surface area contributed by atoms with Crippen LogP contribution < -0.4 is 4.90 Å². The maximum atomic E-state index is 12.3. The number of aliphatic imine (C=N–C) groups is 1. The van der Waals surface area contributed by atoms with Gasteiger partial charge in [-0.3, -0.25) is 9.59 Å². The number of Topliss-reactive ketones (excluding diaryl/α,β-unsaturated/α-hetero) is 1. The third-order valence-electron chi connectivity index (χ3n) is 5.26. The van der Waals surface area contributed by atoms with Crippen LogP contribution in [0.4, 0.5) is 5.69 Å². The summed E-state index contributed by atoms with van der Waals surface area (Å²) in [4.78, 5) is 35.3. The number of likely N-dealkylation sites (N-methyl/N-ethyl adjacent to an activating group) is 1. The van der Waals surface area contributed by atoms with E-state index in [4.69, 9.17) is 0 Å². The normalized spacial score (nSPS) is 23.3. The second-order valence-corrected chi connectivity index (χ2v) is 8.23. The van der Waals surface area contributed by atoms with Crippen molar-refractivity contribution >= 4 is 40.4 Å². The van der Waals surface area contributed by atoms with Gasteiger partial charge in [0.25, 0.3) is 5.91 Å². The molecule has 0 aliphatic carbocycles. The molecule has 2 saturated heterocycles. The highest BCUT2D eigenvalue weighted by Gasteiger charge is 2.27. The highest BCUT2D eigenvalue weighted by Crippen LogP contribution is 2.31. The van der Waals surface area contributed by atoms with Gasteiger partial charge in [0.1, 0.15) is 5.78 Å². The Bertz CT molecular complexity index is 785. The van der Waals surface area contributed by atoms with E-state index in [9.17, 15) is 9.59 Å². The molecule has 1 aromatic carbocycles. The molecule has 6 nitrogen and oxygen atoms in total. The van der Waals surface area contributed by atoms with Gasteiger partial charge in [0.05, 0.1) is 4.91 Å². The number of piperazine rings is 1. The van der Waals surface area contributed by atoms with Gasteiger partial charge in [-0.15, -0.1) is 0 Å². The van der Waals surface area contributed by atoms with E-state index < -0.39 is 0 Å². The first kappa shape index (κ1) is 18.3. The Balaban J connectivity index is 1.40. The zero-order chi connectivity index (χ0) is 18.8. The maximum absolute atomic E-state index is 12.3. The Labute approximate surface area is 163 Å². The zero-order valence-corrected chi connectivity index (χ0v) is 16.4. The van der Waals surface area contributed by atoms with Crippen LogP contribution >= 0.6 is 11.8 Å². The fourth-order valence-corrected chi connectivity index (χ4v) is 4.44. The highest BCUT2D eigenvalue weighted by molar-refractivity contribution is 8.18. The van der Waals surface area contributed by atoms with E-state index in [1.165, 1.54) is 11.8 Å². The first-order chi connectivity index (χ1) is 13.1. The fourth-order valence-electron chi connectivity index (χ4n) is 3.48. The lowest BCUT2D eigenvalue weighted by atomic mass is 10.1. The molecule has 142 valence electrons. The van der Waals surface area contributed by atoms with Crippen LogP contribution in [0, 0.1) is 0 Å². The molecule has 0 N–H and O–H groups in total. The molecule has 0 unspecified atom stereocenters. The predicted octanol–water partition coefficient (Wildman–Crippen LogP) is 2.07. The van der Waals surface area contributed by atoms with Crippen LogP contribution in [-0.4, -0.2) is 73.0 Å². The smallest absolute Gasteiger partial charge is 0.286 e. The Morgan fingerprint density at radius 1 is 0.926 bits per heavy atom. The molecular formula is C20H24N4O2S. The molecule has 1 aromatic rings. The number of hydrogen-bond donors (Lipinski definition) is 0. The number of rotatable bonds is 2. The molecule has 27 heavy (non-hydrogen) atoms. The zero-order valence-electron chi connectivity index (χ0n) is 15.6. The monoisotopic (exact) mass is 384 g/mol. The number of anilines is 1. The lowest BCUT2D eigenvalue weighted by molar-refractivity contribution is -0.119. The quantitative estimate of drug-likeness (QED) is 0.728. The molecule has 0 aromatic heterocycles. The second kappa shape index (κ2) is 7.86. The van der Waals surface area contributed by atoms with E-state index in [0.29, 0.717) is 23.5 Å². The molecule has 3 heterocycles. The number of nitrogens with zero attached hydrogens (tertiary/aromatic N) is 4. The Kier molecular flexibility index (Phi) is 5.31. The van der Waals surface area contributed by atoms with E-state index in [2.05, 4.69) is 38.9 Å². The van der Waals surface area contributed by atoms with E-state index in [0.717, 1.165) is 55.7 Å². The number of amides is 1. The SMILES string of the molecule is CN1CCN(C2=NC(=O)/C(=C/c3ccc(N4CCC(=O)CC4)cc3)S2)CC1. The van der Waals surface area contributed by atoms with Crippen molar-refractivity contribution in [1.29, 1.82) is 0 Å². The van der Waals surface area contributed by atoms with Gasteiger partial charge in [-0.2, -0.15) is 4.99 Å². The molecule has 4 rings (SSSR count). The maximum Gasteiger partial charge on any atom is 0.286 e. The summed E-state index contributed by atoms with van der Waals surface area (Å²) in [6.07, 6.45) is 3.18. The van der Waals surface area contributed by atoms with Gasteiger partial charge in [0.2, 0.25) is 0 Å². The van der Waals surface area contributed by atoms with Crippen molar-refractivity contribution in [2.24, 2.45) is 4.99 Å². The molecule has 0 atom stereocenters. The molecule has 1 amide bonds. The Morgan fingerprint density at radius 2 is 1.59 bits per heavy atom. The number of benzene rings is 1. The largest absolute Gasteiger partial charge is 0.371 e. The van der Waals surface area contributed by atoms with Crippen LogP contribution in [0.15, 0.2) is 34.2 Å². The number of hydrogen-bond acceptors (Lipinski definition) is 6. The summed E-state index contributed by atoms with van der Waals surface area (Å²) in [5.41, 5.74) is 2.13. The summed E-state index contributed by atoms with van der Waals surface area (Å²) >= 11 is 1.47. The van der Waals surface area contributed by atoms with Crippen molar-refractivity contribution < 1.29 is 9.59 Å². The minimum atomic E-state index is -0.146. The number of ketones is 1. The minimum Gasteiger partial charge on any atom is -0.371 e. The van der Waals surface area contributed by atoms with Crippen LogP contribution in [0.2, 0.25) is 0 Å². The predicted molar refractivity (Wildman–Crippen MR) is 110 cm³/mol. The third-order valence-corrected chi connectivity index (χ3v) is 6.30. The molecule has 0 saturated carbocycles. The second-order valence-electron chi connectivity index (χ2n) is 7.22. The summed E-state index contributed by atoms with van der Waals surface area (Å²) < 4.78 is 0. The number of carbonyl (C=O) groups excluding carboxylic acids is 2. The summed E-state index contributed by atoms with van der Waals surface area (Å²) in [6.45, 7) is 5.39. The first-order valence-corrected chi connectivity index (χ1v) is 10.2. The average Bonchev–Trinajstić information content (AvgIpc) is 3.04. The summed E-state index contributed by atoms with van der Waals surface area (Å²) in [7, 11) is 2.11. The van der Waals surface area contributed by atoms with Gasteiger partial charge >= 0.3 is 0 Å². The average molecular weight is 385 g/mol. The van der Waals surface area contributed by atoms with Gasteiger partial charge in [0.15, 0.2) is 5.17 Å². The summed E-state index contributed by atoms with van der Waals surface area (Å²) in [5.74, 6) is 0.202. The van der Waals surface area contributed by atoms with Gasteiger partial charge in [-0.1, -0.05) is 12.1 Å². The molecular weight excluding hydrogens is 360 g/mol. The topological polar surface area (TPSA) is 56.2 Å². The van der Waals surface area contributed by atoms with Crippen molar-refractivity contribution in [2.75, 3.05) is 51.2 Å². The number of thioether (sulfide) groups is 1. The molecule has 0 spiro atoms. The third kappa shape index (κ3) is 4.25. The van der Waals surface area contributed by atoms with Crippen LogP contribution in [-0.2, 0) is 9.59 Å². The van der Waals surface area contributed by atoms with Crippen LogP contribution in [0.5, 0.6) is 0 Å². The van der Waals surface area contributed by atoms with Crippen LogP contribution in [0.1, 0.15) is 18.4 Å². The molecule has 7 heteroatoms. The van der Waals surface area contributed by atoms with Gasteiger partial charge < -0.3 is 14.7 Å². The minimum absolute atomic E-state index is 0.146. The Morgan fingerprint density at radius 3 is 2.26 bits per heavy atom. The number of piperidine rings is 1. The lowest BCUT2D eigenvalue weighted by Gasteiger charge is -2.32. The van der Waals surface area contributed by atoms with Crippen molar-refractivity contribution in [3.05, 3.63) is 34.7 Å². The van der Waals surface area contributed by atoms with Crippen molar-refractivity contribution in [3.8, 4) is 0 Å².